The maximum atomic E-state index is 12.5. The number of aliphatic hydroxyl groups is 2. The zero-order chi connectivity index (χ0) is 22.4. The largest absolute Gasteiger partial charge is 0.457 e. The number of carbonyl (C=O) groups is 2. The van der Waals surface area contributed by atoms with Gasteiger partial charge in [0, 0.05) is 13.0 Å². The van der Waals surface area contributed by atoms with Crippen molar-refractivity contribution in [2.75, 3.05) is 32.8 Å². The van der Waals surface area contributed by atoms with Crippen molar-refractivity contribution in [1.29, 1.82) is 0 Å². The van der Waals surface area contributed by atoms with E-state index in [0.717, 1.165) is 45.3 Å². The van der Waals surface area contributed by atoms with E-state index in [0.29, 0.717) is 12.8 Å². The van der Waals surface area contributed by atoms with Gasteiger partial charge in [0.05, 0.1) is 18.8 Å². The van der Waals surface area contributed by atoms with Crippen LogP contribution in [0.5, 0.6) is 0 Å². The van der Waals surface area contributed by atoms with Gasteiger partial charge in [-0.3, -0.25) is 4.79 Å². The highest BCUT2D eigenvalue weighted by molar-refractivity contribution is 5.70. The number of hydrogen-bond acceptors (Lipinski definition) is 7. The van der Waals surface area contributed by atoms with Crippen LogP contribution in [0.2, 0.25) is 0 Å². The molecule has 1 aliphatic rings. The Kier molecular flexibility index (Phi) is 13.0. The van der Waals surface area contributed by atoms with Gasteiger partial charge in [-0.05, 0) is 59.0 Å². The van der Waals surface area contributed by atoms with Crippen LogP contribution in [-0.4, -0.2) is 77.8 Å². The van der Waals surface area contributed by atoms with Crippen molar-refractivity contribution >= 4 is 12.1 Å². The summed E-state index contributed by atoms with van der Waals surface area (Å²) < 4.78 is 10.7. The molecule has 176 valence electrons. The molecule has 1 aliphatic heterocycles. The molecule has 1 amide bonds. The molecule has 1 saturated heterocycles. The van der Waals surface area contributed by atoms with Crippen molar-refractivity contribution < 1.29 is 29.3 Å². The van der Waals surface area contributed by atoms with E-state index in [9.17, 15) is 9.59 Å². The molecular formula is C22H42N2O6. The van der Waals surface area contributed by atoms with Crippen LogP contribution in [0, 0.1) is 0 Å². The minimum absolute atomic E-state index is 0.0688. The van der Waals surface area contributed by atoms with Crippen LogP contribution in [0.15, 0.2) is 0 Å². The van der Waals surface area contributed by atoms with Crippen LogP contribution < -0.4 is 5.32 Å². The number of rotatable bonds is 15. The summed E-state index contributed by atoms with van der Waals surface area (Å²) in [5, 5.41) is 21.0. The normalized spacial score (nSPS) is 15.9. The average Bonchev–Trinajstić information content (AvgIpc) is 3.18. The lowest BCUT2D eigenvalue weighted by Gasteiger charge is -2.31. The summed E-state index contributed by atoms with van der Waals surface area (Å²) in [6.45, 7) is 8.17. The van der Waals surface area contributed by atoms with Gasteiger partial charge in [-0.25, -0.2) is 4.79 Å². The zero-order valence-corrected chi connectivity index (χ0v) is 19.0. The monoisotopic (exact) mass is 430 g/mol. The Hall–Kier alpha value is -1.38. The third kappa shape index (κ3) is 11.7. The summed E-state index contributed by atoms with van der Waals surface area (Å²) in [7, 11) is 0. The van der Waals surface area contributed by atoms with Gasteiger partial charge in [0.1, 0.15) is 12.2 Å². The number of carbonyl (C=O) groups excluding carboxylic acids is 2. The average molecular weight is 431 g/mol. The molecule has 0 aliphatic carbocycles. The highest BCUT2D eigenvalue weighted by Gasteiger charge is 2.27. The lowest BCUT2D eigenvalue weighted by molar-refractivity contribution is -0.154. The van der Waals surface area contributed by atoms with Crippen LogP contribution in [-0.2, 0) is 14.3 Å². The summed E-state index contributed by atoms with van der Waals surface area (Å²) in [4.78, 5) is 26.8. The van der Waals surface area contributed by atoms with Crippen LogP contribution in [0.25, 0.3) is 0 Å². The lowest BCUT2D eigenvalue weighted by Crippen LogP contribution is -2.51. The summed E-state index contributed by atoms with van der Waals surface area (Å²) in [6.07, 6.45) is 5.99. The molecule has 1 atom stereocenters. The molecule has 8 heteroatoms. The van der Waals surface area contributed by atoms with Crippen LogP contribution in [0.4, 0.5) is 4.79 Å². The first kappa shape index (κ1) is 26.7. The first-order chi connectivity index (χ1) is 14.3. The number of amides is 1. The first-order valence-corrected chi connectivity index (χ1v) is 11.4. The minimum Gasteiger partial charge on any atom is -0.457 e. The van der Waals surface area contributed by atoms with Gasteiger partial charge >= 0.3 is 12.1 Å². The fourth-order valence-electron chi connectivity index (χ4n) is 3.71. The molecule has 0 aromatic heterocycles. The molecular weight excluding hydrogens is 388 g/mol. The Bertz CT molecular complexity index is 490. The number of nitrogens with one attached hydrogen (secondary N) is 1. The van der Waals surface area contributed by atoms with Gasteiger partial charge in [-0.1, -0.05) is 26.2 Å². The Morgan fingerprint density at radius 2 is 1.67 bits per heavy atom. The number of esters is 1. The second-order valence-electron chi connectivity index (χ2n) is 8.88. The molecule has 0 saturated carbocycles. The van der Waals surface area contributed by atoms with Crippen LogP contribution in [0.3, 0.4) is 0 Å². The topological polar surface area (TPSA) is 108 Å². The molecule has 0 bridgehead atoms. The van der Waals surface area contributed by atoms with Gasteiger partial charge < -0.3 is 29.9 Å². The van der Waals surface area contributed by atoms with Crippen LogP contribution >= 0.6 is 0 Å². The van der Waals surface area contributed by atoms with E-state index in [1.54, 1.807) is 0 Å². The van der Waals surface area contributed by atoms with Gasteiger partial charge in [0.2, 0.25) is 0 Å². The molecule has 30 heavy (non-hydrogen) atoms. The Balaban J connectivity index is 2.51. The van der Waals surface area contributed by atoms with E-state index in [1.165, 1.54) is 12.8 Å². The SMILES string of the molecule is CCCCCCC(CCC(=O)OC(CO)CO)OC(=O)NC(C)(C)CN1CCCC1. The van der Waals surface area contributed by atoms with E-state index in [-0.39, 0.29) is 12.5 Å². The second-order valence-corrected chi connectivity index (χ2v) is 8.88. The number of alkyl carbamates (subject to hydrolysis) is 1. The minimum atomic E-state index is -0.906. The van der Waals surface area contributed by atoms with E-state index in [1.807, 2.05) is 13.8 Å². The van der Waals surface area contributed by atoms with Crippen molar-refractivity contribution in [2.45, 2.75) is 96.3 Å². The second kappa shape index (κ2) is 14.6. The van der Waals surface area contributed by atoms with Crippen molar-refractivity contribution in [2.24, 2.45) is 0 Å². The molecule has 0 spiro atoms. The number of ether oxygens (including phenoxy) is 2. The van der Waals surface area contributed by atoms with Crippen molar-refractivity contribution in [1.82, 2.24) is 10.2 Å². The summed E-state index contributed by atoms with van der Waals surface area (Å²) >= 11 is 0. The summed E-state index contributed by atoms with van der Waals surface area (Å²) in [6, 6.07) is 0. The predicted octanol–water partition coefficient (Wildman–Crippen LogP) is 2.60. The third-order valence-electron chi connectivity index (χ3n) is 5.29. The van der Waals surface area contributed by atoms with Crippen molar-refractivity contribution in [3.63, 3.8) is 0 Å². The zero-order valence-electron chi connectivity index (χ0n) is 19.0. The van der Waals surface area contributed by atoms with Crippen LogP contribution in [0.1, 0.15) is 78.6 Å². The highest BCUT2D eigenvalue weighted by atomic mass is 16.6. The standard InChI is InChI=1S/C22H42N2O6/c1-4-5-6-7-10-18(11-12-20(27)29-19(15-25)16-26)30-21(28)23-22(2,3)17-24-13-8-9-14-24/h18-19,25-26H,4-17H2,1-3H3,(H,23,28). The van der Waals surface area contributed by atoms with Gasteiger partial charge in [-0.15, -0.1) is 0 Å². The molecule has 8 nitrogen and oxygen atoms in total. The number of nitrogens with zero attached hydrogens (tertiary/aromatic N) is 1. The molecule has 3 N–H and O–H groups in total. The third-order valence-corrected chi connectivity index (χ3v) is 5.29. The molecule has 1 heterocycles. The summed E-state index contributed by atoms with van der Waals surface area (Å²) in [5.41, 5.74) is -0.400. The fourth-order valence-corrected chi connectivity index (χ4v) is 3.71. The lowest BCUT2D eigenvalue weighted by atomic mass is 10.0. The Morgan fingerprint density at radius 3 is 2.27 bits per heavy atom. The van der Waals surface area contributed by atoms with E-state index in [4.69, 9.17) is 19.7 Å². The van der Waals surface area contributed by atoms with Gasteiger partial charge in [0.15, 0.2) is 0 Å². The first-order valence-electron chi connectivity index (χ1n) is 11.4. The number of aliphatic hydroxyl groups excluding tert-OH is 2. The number of likely N-dealkylation sites (tertiary alicyclic amines) is 1. The molecule has 0 radical (unpaired) electrons. The Morgan fingerprint density at radius 1 is 1.00 bits per heavy atom. The van der Waals surface area contributed by atoms with Crippen molar-refractivity contribution in [3.05, 3.63) is 0 Å². The smallest absolute Gasteiger partial charge is 0.407 e. The van der Waals surface area contributed by atoms with E-state index >= 15 is 0 Å². The predicted molar refractivity (Wildman–Crippen MR) is 115 cm³/mol. The molecule has 1 rings (SSSR count). The number of hydrogen-bond donors (Lipinski definition) is 3. The Labute approximate surface area is 181 Å². The van der Waals surface area contributed by atoms with Gasteiger partial charge in [0.25, 0.3) is 0 Å². The van der Waals surface area contributed by atoms with E-state index in [2.05, 4.69) is 17.1 Å². The summed E-state index contributed by atoms with van der Waals surface area (Å²) in [5.74, 6) is -0.514. The van der Waals surface area contributed by atoms with Gasteiger partial charge in [-0.2, -0.15) is 0 Å². The maximum absolute atomic E-state index is 12.5. The quantitative estimate of drug-likeness (QED) is 0.271. The van der Waals surface area contributed by atoms with E-state index < -0.39 is 36.9 Å². The molecule has 0 aromatic carbocycles. The number of unbranched alkanes of at least 4 members (excludes halogenated alkanes) is 3. The fraction of sp³-hybridized carbons (Fsp3) is 0.909. The van der Waals surface area contributed by atoms with Crippen molar-refractivity contribution in [3.8, 4) is 0 Å². The molecule has 1 unspecified atom stereocenters. The molecule has 1 fully saturated rings. The molecule has 0 aromatic rings. The maximum Gasteiger partial charge on any atom is 0.407 e. The highest BCUT2D eigenvalue weighted by Crippen LogP contribution is 2.16.